The van der Waals surface area contributed by atoms with Crippen LogP contribution in [0.15, 0.2) is 24.3 Å². The van der Waals surface area contributed by atoms with Crippen molar-refractivity contribution in [3.8, 4) is 5.75 Å². The number of benzene rings is 1. The van der Waals surface area contributed by atoms with Crippen LogP contribution in [0.4, 0.5) is 0 Å². The molecule has 1 atom stereocenters. The SMILES string of the molecule is CCC[C@H](O)c1ccc(OCC)cc1. The minimum Gasteiger partial charge on any atom is -0.494 e. The Bertz CT molecular complexity index is 254. The molecule has 1 rings (SSSR count). The van der Waals surface area contributed by atoms with Crippen LogP contribution in [-0.2, 0) is 0 Å². The summed E-state index contributed by atoms with van der Waals surface area (Å²) in [4.78, 5) is 0. The Morgan fingerprint density at radius 3 is 2.36 bits per heavy atom. The van der Waals surface area contributed by atoms with Gasteiger partial charge >= 0.3 is 0 Å². The van der Waals surface area contributed by atoms with Crippen molar-refractivity contribution in [2.45, 2.75) is 32.8 Å². The van der Waals surface area contributed by atoms with E-state index in [4.69, 9.17) is 4.74 Å². The maximum atomic E-state index is 9.70. The van der Waals surface area contributed by atoms with Gasteiger partial charge in [-0.05, 0) is 31.0 Å². The molecule has 1 aromatic carbocycles. The van der Waals surface area contributed by atoms with E-state index in [2.05, 4.69) is 6.92 Å². The number of ether oxygens (including phenoxy) is 1. The summed E-state index contributed by atoms with van der Waals surface area (Å²) in [7, 11) is 0. The van der Waals surface area contributed by atoms with Crippen molar-refractivity contribution in [2.75, 3.05) is 6.61 Å². The Balaban J connectivity index is 2.62. The third kappa shape index (κ3) is 3.04. The zero-order chi connectivity index (χ0) is 10.4. The Morgan fingerprint density at radius 2 is 1.86 bits per heavy atom. The summed E-state index contributed by atoms with van der Waals surface area (Å²) in [6.07, 6.45) is 1.47. The normalized spacial score (nSPS) is 12.5. The Labute approximate surface area is 85.5 Å². The van der Waals surface area contributed by atoms with Gasteiger partial charge < -0.3 is 9.84 Å². The zero-order valence-electron chi connectivity index (χ0n) is 8.86. The molecule has 0 unspecified atom stereocenters. The lowest BCUT2D eigenvalue weighted by Crippen LogP contribution is -1.97. The van der Waals surface area contributed by atoms with E-state index in [9.17, 15) is 5.11 Å². The smallest absolute Gasteiger partial charge is 0.119 e. The van der Waals surface area contributed by atoms with Crippen LogP contribution in [0.25, 0.3) is 0 Å². The summed E-state index contributed by atoms with van der Waals surface area (Å²) >= 11 is 0. The molecule has 0 spiro atoms. The van der Waals surface area contributed by atoms with Crippen molar-refractivity contribution in [3.63, 3.8) is 0 Å². The highest BCUT2D eigenvalue weighted by Crippen LogP contribution is 2.20. The first-order valence-corrected chi connectivity index (χ1v) is 5.18. The van der Waals surface area contributed by atoms with Gasteiger partial charge in [-0.3, -0.25) is 0 Å². The molecule has 0 radical (unpaired) electrons. The van der Waals surface area contributed by atoms with Gasteiger partial charge in [0.2, 0.25) is 0 Å². The molecule has 0 aromatic heterocycles. The minimum absolute atomic E-state index is 0.337. The van der Waals surface area contributed by atoms with Gasteiger partial charge in [-0.2, -0.15) is 0 Å². The molecule has 2 heteroatoms. The van der Waals surface area contributed by atoms with Gasteiger partial charge in [0.05, 0.1) is 12.7 Å². The van der Waals surface area contributed by atoms with Crippen molar-refractivity contribution >= 4 is 0 Å². The second-order valence-electron chi connectivity index (χ2n) is 3.31. The maximum absolute atomic E-state index is 9.70. The first-order valence-electron chi connectivity index (χ1n) is 5.18. The summed E-state index contributed by atoms with van der Waals surface area (Å²) in [5.74, 6) is 0.861. The van der Waals surface area contributed by atoms with Crippen molar-refractivity contribution in [3.05, 3.63) is 29.8 Å². The molecule has 0 aliphatic carbocycles. The van der Waals surface area contributed by atoms with Crippen LogP contribution in [0.1, 0.15) is 38.4 Å². The number of hydrogen-bond donors (Lipinski definition) is 1. The highest BCUT2D eigenvalue weighted by atomic mass is 16.5. The fraction of sp³-hybridized carbons (Fsp3) is 0.500. The number of hydrogen-bond acceptors (Lipinski definition) is 2. The molecule has 0 aliphatic heterocycles. The van der Waals surface area contributed by atoms with E-state index >= 15 is 0 Å². The highest BCUT2D eigenvalue weighted by molar-refractivity contribution is 5.28. The second kappa shape index (κ2) is 5.66. The second-order valence-corrected chi connectivity index (χ2v) is 3.31. The van der Waals surface area contributed by atoms with Crippen LogP contribution >= 0.6 is 0 Å². The van der Waals surface area contributed by atoms with Crippen LogP contribution < -0.4 is 4.74 Å². The highest BCUT2D eigenvalue weighted by Gasteiger charge is 2.05. The molecule has 2 nitrogen and oxygen atoms in total. The van der Waals surface area contributed by atoms with E-state index in [-0.39, 0.29) is 6.10 Å². The molecule has 0 saturated carbocycles. The van der Waals surface area contributed by atoms with Crippen LogP contribution in [0.3, 0.4) is 0 Å². The molecule has 0 aliphatic rings. The summed E-state index contributed by atoms with van der Waals surface area (Å²) in [5.41, 5.74) is 0.968. The van der Waals surface area contributed by atoms with Gasteiger partial charge in [0.1, 0.15) is 5.75 Å². The molecule has 1 N–H and O–H groups in total. The Hall–Kier alpha value is -1.02. The van der Waals surface area contributed by atoms with E-state index in [1.54, 1.807) is 0 Å². The van der Waals surface area contributed by atoms with Gasteiger partial charge in [0.25, 0.3) is 0 Å². The molecule has 0 amide bonds. The fourth-order valence-corrected chi connectivity index (χ4v) is 1.39. The molecule has 0 fully saturated rings. The topological polar surface area (TPSA) is 29.5 Å². The van der Waals surface area contributed by atoms with Gasteiger partial charge in [-0.1, -0.05) is 25.5 Å². The zero-order valence-corrected chi connectivity index (χ0v) is 8.86. The van der Waals surface area contributed by atoms with Crippen LogP contribution in [0.5, 0.6) is 5.75 Å². The van der Waals surface area contributed by atoms with Crippen LogP contribution in [0, 0.1) is 0 Å². The van der Waals surface area contributed by atoms with Gasteiger partial charge in [-0.25, -0.2) is 0 Å². The van der Waals surface area contributed by atoms with Gasteiger partial charge in [-0.15, -0.1) is 0 Å². The predicted octanol–water partition coefficient (Wildman–Crippen LogP) is 2.92. The average molecular weight is 194 g/mol. The standard InChI is InChI=1S/C12H18O2/c1-3-5-12(13)10-6-8-11(9-7-10)14-4-2/h6-9,12-13H,3-5H2,1-2H3/t12-/m0/s1. The summed E-state index contributed by atoms with van der Waals surface area (Å²) in [5, 5.41) is 9.70. The molecule has 14 heavy (non-hydrogen) atoms. The number of aliphatic hydroxyl groups is 1. The van der Waals surface area contributed by atoms with Crippen molar-refractivity contribution < 1.29 is 9.84 Å². The number of rotatable bonds is 5. The van der Waals surface area contributed by atoms with Crippen molar-refractivity contribution in [2.24, 2.45) is 0 Å². The van der Waals surface area contributed by atoms with E-state index in [1.807, 2.05) is 31.2 Å². The third-order valence-electron chi connectivity index (χ3n) is 2.14. The summed E-state index contributed by atoms with van der Waals surface area (Å²) in [6.45, 7) is 4.70. The predicted molar refractivity (Wildman–Crippen MR) is 57.5 cm³/mol. The lowest BCUT2D eigenvalue weighted by Gasteiger charge is -2.10. The lowest BCUT2D eigenvalue weighted by atomic mass is 10.1. The van der Waals surface area contributed by atoms with Crippen LogP contribution in [0.2, 0.25) is 0 Å². The van der Waals surface area contributed by atoms with Gasteiger partial charge in [0.15, 0.2) is 0 Å². The lowest BCUT2D eigenvalue weighted by molar-refractivity contribution is 0.166. The molecule has 0 saturated heterocycles. The fourth-order valence-electron chi connectivity index (χ4n) is 1.39. The molecular formula is C12H18O2. The largest absolute Gasteiger partial charge is 0.494 e. The maximum Gasteiger partial charge on any atom is 0.119 e. The minimum atomic E-state index is -0.337. The molecule has 0 heterocycles. The van der Waals surface area contributed by atoms with E-state index in [1.165, 1.54) is 0 Å². The molecule has 1 aromatic rings. The quantitative estimate of drug-likeness (QED) is 0.781. The Morgan fingerprint density at radius 1 is 1.21 bits per heavy atom. The van der Waals surface area contributed by atoms with Crippen LogP contribution in [-0.4, -0.2) is 11.7 Å². The summed E-state index contributed by atoms with van der Waals surface area (Å²) < 4.78 is 5.32. The first-order chi connectivity index (χ1) is 6.77. The van der Waals surface area contributed by atoms with E-state index in [0.29, 0.717) is 6.61 Å². The molecule has 0 bridgehead atoms. The third-order valence-corrected chi connectivity index (χ3v) is 2.14. The van der Waals surface area contributed by atoms with Crippen molar-refractivity contribution in [1.82, 2.24) is 0 Å². The molecule has 78 valence electrons. The summed E-state index contributed by atoms with van der Waals surface area (Å²) in [6, 6.07) is 7.64. The monoisotopic (exact) mass is 194 g/mol. The van der Waals surface area contributed by atoms with E-state index in [0.717, 1.165) is 24.2 Å². The Kier molecular flexibility index (Phi) is 4.47. The van der Waals surface area contributed by atoms with E-state index < -0.39 is 0 Å². The first kappa shape index (κ1) is 11.1. The average Bonchev–Trinajstić information content (AvgIpc) is 2.20. The number of aliphatic hydroxyl groups excluding tert-OH is 1. The van der Waals surface area contributed by atoms with Gasteiger partial charge in [0, 0.05) is 0 Å². The van der Waals surface area contributed by atoms with Crippen molar-refractivity contribution in [1.29, 1.82) is 0 Å². The molecular weight excluding hydrogens is 176 g/mol.